The van der Waals surface area contributed by atoms with Gasteiger partial charge in [0.2, 0.25) is 0 Å². The Hall–Kier alpha value is -0.650. The number of hydrogen-bond acceptors (Lipinski definition) is 5. The third-order valence-electron chi connectivity index (χ3n) is 5.64. The van der Waals surface area contributed by atoms with E-state index in [1.165, 1.54) is 6.42 Å². The quantitative estimate of drug-likeness (QED) is 0.697. The Labute approximate surface area is 131 Å². The maximum atomic E-state index is 12.1. The van der Waals surface area contributed by atoms with Crippen LogP contribution in [0.3, 0.4) is 0 Å². The lowest BCUT2D eigenvalue weighted by atomic mass is 9.74. The molecule has 1 saturated carbocycles. The van der Waals surface area contributed by atoms with Crippen molar-refractivity contribution in [2.75, 3.05) is 0 Å². The zero-order valence-corrected chi connectivity index (χ0v) is 13.8. The van der Waals surface area contributed by atoms with Crippen LogP contribution in [0.1, 0.15) is 53.4 Å². The van der Waals surface area contributed by atoms with Crippen LogP contribution in [0, 0.1) is 17.3 Å². The fourth-order valence-electron chi connectivity index (χ4n) is 4.72. The molecule has 4 fully saturated rings. The highest BCUT2D eigenvalue weighted by Crippen LogP contribution is 2.52. The van der Waals surface area contributed by atoms with Gasteiger partial charge >= 0.3 is 5.97 Å². The number of rotatable bonds is 1. The first-order valence-corrected chi connectivity index (χ1v) is 8.52. The Bertz CT molecular complexity index is 487. The summed E-state index contributed by atoms with van der Waals surface area (Å²) < 4.78 is 24.2. The highest BCUT2D eigenvalue weighted by Gasteiger charge is 2.65. The first kappa shape index (κ1) is 14.9. The van der Waals surface area contributed by atoms with Crippen LogP contribution in [0.15, 0.2) is 0 Å². The minimum atomic E-state index is -0.551. The molecule has 1 spiro atoms. The van der Waals surface area contributed by atoms with Crippen LogP contribution in [0.2, 0.25) is 0 Å². The average molecular weight is 310 g/mol. The monoisotopic (exact) mass is 310 g/mol. The minimum absolute atomic E-state index is 0.156. The molecule has 6 unspecified atom stereocenters. The molecule has 3 saturated heterocycles. The van der Waals surface area contributed by atoms with Crippen molar-refractivity contribution < 1.29 is 23.7 Å². The van der Waals surface area contributed by atoms with E-state index < -0.39 is 12.1 Å². The van der Waals surface area contributed by atoms with Gasteiger partial charge in [-0.05, 0) is 24.2 Å². The van der Waals surface area contributed by atoms with Gasteiger partial charge in [-0.1, -0.05) is 27.7 Å². The second kappa shape index (κ2) is 4.68. The molecule has 4 aliphatic rings. The van der Waals surface area contributed by atoms with Crippen LogP contribution in [0.25, 0.3) is 0 Å². The number of carbonyl (C=O) groups excluding carboxylic acids is 1. The fraction of sp³-hybridized carbons (Fsp3) is 0.941. The first-order valence-electron chi connectivity index (χ1n) is 8.52. The van der Waals surface area contributed by atoms with Crippen molar-refractivity contribution in [2.24, 2.45) is 17.3 Å². The van der Waals surface area contributed by atoms with Gasteiger partial charge in [0.15, 0.2) is 24.3 Å². The van der Waals surface area contributed by atoms with Crippen molar-refractivity contribution in [3.63, 3.8) is 0 Å². The number of carbonyl (C=O) groups is 1. The summed E-state index contributed by atoms with van der Waals surface area (Å²) in [5, 5.41) is 0. The van der Waals surface area contributed by atoms with Crippen molar-refractivity contribution in [1.82, 2.24) is 0 Å². The minimum Gasteiger partial charge on any atom is -0.456 e. The molecule has 22 heavy (non-hydrogen) atoms. The normalized spacial score (nSPS) is 49.5. The maximum Gasteiger partial charge on any atom is 0.312 e. The molecule has 4 rings (SSSR count). The summed E-state index contributed by atoms with van der Waals surface area (Å²) in [6, 6.07) is 0. The van der Waals surface area contributed by atoms with E-state index in [-0.39, 0.29) is 41.5 Å². The highest BCUT2D eigenvalue weighted by atomic mass is 16.8. The van der Waals surface area contributed by atoms with Crippen LogP contribution < -0.4 is 0 Å². The van der Waals surface area contributed by atoms with Crippen molar-refractivity contribution >= 4 is 5.97 Å². The van der Waals surface area contributed by atoms with Crippen molar-refractivity contribution in [1.29, 1.82) is 0 Å². The molecular weight excluding hydrogens is 284 g/mol. The maximum absolute atomic E-state index is 12.1. The number of fused-ring (bicyclic) bond motifs is 3. The molecule has 6 atom stereocenters. The molecule has 0 aromatic carbocycles. The number of ether oxygens (including phenoxy) is 4. The Balaban J connectivity index is 1.53. The van der Waals surface area contributed by atoms with Crippen LogP contribution >= 0.6 is 0 Å². The molecular formula is C17H26O5. The van der Waals surface area contributed by atoms with Crippen molar-refractivity contribution in [3.8, 4) is 0 Å². The van der Waals surface area contributed by atoms with Crippen LogP contribution in [0.4, 0.5) is 0 Å². The third-order valence-corrected chi connectivity index (χ3v) is 5.64. The molecule has 3 heterocycles. The standard InChI is InChI=1S/C17H26O5/c1-9(2)10-11-12(19-14(10)18)13-15(20-11)22-17(21-13)7-5-6-16(3,4)8-17/h9-13,15H,5-8H2,1-4H3. The van der Waals surface area contributed by atoms with E-state index >= 15 is 0 Å². The summed E-state index contributed by atoms with van der Waals surface area (Å²) in [5.41, 5.74) is 0.211. The molecule has 0 aromatic heterocycles. The summed E-state index contributed by atoms with van der Waals surface area (Å²) in [5.74, 6) is -0.716. The fourth-order valence-corrected chi connectivity index (χ4v) is 4.72. The van der Waals surface area contributed by atoms with Gasteiger partial charge in [0.05, 0.1) is 5.92 Å². The Morgan fingerprint density at radius 1 is 1.09 bits per heavy atom. The second-order valence-corrected chi connectivity index (χ2v) is 8.45. The first-order chi connectivity index (χ1) is 10.3. The van der Waals surface area contributed by atoms with Crippen molar-refractivity contribution in [3.05, 3.63) is 0 Å². The number of hydrogen-bond donors (Lipinski definition) is 0. The summed E-state index contributed by atoms with van der Waals surface area (Å²) in [4.78, 5) is 12.1. The van der Waals surface area contributed by atoms with Gasteiger partial charge < -0.3 is 18.9 Å². The number of esters is 1. The molecule has 3 aliphatic heterocycles. The SMILES string of the molecule is CC(C)C1C(=O)OC2C3OC4(CCCC(C)(C)C4)OC3OC21. The highest BCUT2D eigenvalue weighted by molar-refractivity contribution is 5.76. The van der Waals surface area contributed by atoms with Gasteiger partial charge in [-0.15, -0.1) is 0 Å². The largest absolute Gasteiger partial charge is 0.456 e. The summed E-state index contributed by atoms with van der Waals surface area (Å²) in [7, 11) is 0. The van der Waals surface area contributed by atoms with Gasteiger partial charge in [-0.2, -0.15) is 0 Å². The topological polar surface area (TPSA) is 54.0 Å². The Morgan fingerprint density at radius 3 is 2.55 bits per heavy atom. The van der Waals surface area contributed by atoms with Gasteiger partial charge in [-0.3, -0.25) is 4.79 Å². The second-order valence-electron chi connectivity index (χ2n) is 8.45. The van der Waals surface area contributed by atoms with E-state index in [0.29, 0.717) is 0 Å². The molecule has 0 bridgehead atoms. The van der Waals surface area contributed by atoms with Gasteiger partial charge in [0.1, 0.15) is 6.10 Å². The summed E-state index contributed by atoms with van der Waals surface area (Å²) in [6.45, 7) is 8.56. The van der Waals surface area contributed by atoms with E-state index in [1.807, 2.05) is 13.8 Å². The van der Waals surface area contributed by atoms with Crippen molar-refractivity contribution in [2.45, 2.75) is 83.8 Å². The summed E-state index contributed by atoms with van der Waals surface area (Å²) >= 11 is 0. The molecule has 0 radical (unpaired) electrons. The van der Waals surface area contributed by atoms with Gasteiger partial charge in [0, 0.05) is 12.8 Å². The Kier molecular flexibility index (Phi) is 3.17. The molecule has 0 N–H and O–H groups in total. The predicted octanol–water partition coefficient (Wildman–Crippen LogP) is 2.62. The lowest BCUT2D eigenvalue weighted by Crippen LogP contribution is -2.43. The predicted molar refractivity (Wildman–Crippen MR) is 77.8 cm³/mol. The van der Waals surface area contributed by atoms with Crippen LogP contribution in [-0.2, 0) is 23.7 Å². The molecule has 124 valence electrons. The van der Waals surface area contributed by atoms with Gasteiger partial charge in [0.25, 0.3) is 0 Å². The molecule has 0 amide bonds. The van der Waals surface area contributed by atoms with E-state index in [9.17, 15) is 4.79 Å². The molecule has 5 nitrogen and oxygen atoms in total. The average Bonchev–Trinajstić information content (AvgIpc) is 2.95. The zero-order valence-electron chi connectivity index (χ0n) is 13.8. The van der Waals surface area contributed by atoms with Crippen LogP contribution in [0.5, 0.6) is 0 Å². The summed E-state index contributed by atoms with van der Waals surface area (Å²) in [6.07, 6.45) is 2.85. The third kappa shape index (κ3) is 2.13. The zero-order chi connectivity index (χ0) is 15.7. The smallest absolute Gasteiger partial charge is 0.312 e. The van der Waals surface area contributed by atoms with E-state index in [1.54, 1.807) is 0 Å². The van der Waals surface area contributed by atoms with E-state index in [4.69, 9.17) is 18.9 Å². The molecule has 0 aromatic rings. The molecule has 5 heteroatoms. The van der Waals surface area contributed by atoms with E-state index in [0.717, 1.165) is 19.3 Å². The van der Waals surface area contributed by atoms with Gasteiger partial charge in [-0.25, -0.2) is 0 Å². The lowest BCUT2D eigenvalue weighted by molar-refractivity contribution is -0.257. The molecule has 1 aliphatic carbocycles. The Morgan fingerprint density at radius 2 is 1.86 bits per heavy atom. The lowest BCUT2D eigenvalue weighted by Gasteiger charge is -2.41. The van der Waals surface area contributed by atoms with E-state index in [2.05, 4.69) is 13.8 Å². The van der Waals surface area contributed by atoms with Crippen LogP contribution in [-0.4, -0.2) is 36.4 Å².